The van der Waals surface area contributed by atoms with Crippen molar-refractivity contribution in [3.05, 3.63) is 28.2 Å². The van der Waals surface area contributed by atoms with Crippen LogP contribution < -0.4 is 5.32 Å². The summed E-state index contributed by atoms with van der Waals surface area (Å²) in [5.41, 5.74) is 0.896. The molecule has 1 aromatic rings. The minimum atomic E-state index is 0.538. The van der Waals surface area contributed by atoms with Gasteiger partial charge < -0.3 is 5.32 Å². The van der Waals surface area contributed by atoms with Crippen LogP contribution >= 0.6 is 23.2 Å². The van der Waals surface area contributed by atoms with Crippen molar-refractivity contribution in [3.8, 4) is 0 Å². The van der Waals surface area contributed by atoms with Crippen LogP contribution in [-0.2, 0) is 0 Å². The highest BCUT2D eigenvalue weighted by molar-refractivity contribution is 6.39. The Morgan fingerprint density at radius 1 is 1.00 bits per heavy atom. The van der Waals surface area contributed by atoms with Crippen LogP contribution in [0.4, 0.5) is 5.69 Å². The van der Waals surface area contributed by atoms with Gasteiger partial charge in [-0.15, -0.1) is 0 Å². The number of nitrogens with one attached hydrogen (secondary N) is 1. The summed E-state index contributed by atoms with van der Waals surface area (Å²) in [6, 6.07) is 6.16. The summed E-state index contributed by atoms with van der Waals surface area (Å²) in [6.45, 7) is 0. The molecule has 0 radical (unpaired) electrons. The van der Waals surface area contributed by atoms with Crippen LogP contribution in [0, 0.1) is 0 Å². The lowest BCUT2D eigenvalue weighted by atomic mass is 9.95. The zero-order valence-corrected chi connectivity index (χ0v) is 10.1. The van der Waals surface area contributed by atoms with E-state index in [-0.39, 0.29) is 0 Å². The maximum Gasteiger partial charge on any atom is 0.0721 e. The minimum Gasteiger partial charge on any atom is -0.380 e. The maximum absolute atomic E-state index is 6.10. The van der Waals surface area contributed by atoms with Crippen molar-refractivity contribution in [2.24, 2.45) is 0 Å². The zero-order valence-electron chi connectivity index (χ0n) is 8.60. The Hall–Kier alpha value is -0.400. The van der Waals surface area contributed by atoms with Crippen molar-refractivity contribution >= 4 is 28.9 Å². The molecule has 1 saturated carbocycles. The summed E-state index contributed by atoms with van der Waals surface area (Å²) in [7, 11) is 0. The Kier molecular flexibility index (Phi) is 3.76. The normalized spacial score (nSPS) is 17.7. The predicted molar refractivity (Wildman–Crippen MR) is 67.0 cm³/mol. The molecular formula is C12H15Cl2N. The lowest BCUT2D eigenvalue weighted by molar-refractivity contribution is 0.463. The predicted octanol–water partition coefficient (Wildman–Crippen LogP) is 4.74. The fourth-order valence-corrected chi connectivity index (χ4v) is 2.59. The number of hydrogen-bond donors (Lipinski definition) is 1. The Labute approximate surface area is 101 Å². The molecule has 1 aromatic carbocycles. The fourth-order valence-electron chi connectivity index (χ4n) is 2.09. The molecule has 0 unspecified atom stereocenters. The van der Waals surface area contributed by atoms with Gasteiger partial charge in [0.1, 0.15) is 0 Å². The van der Waals surface area contributed by atoms with Crippen LogP contribution in [-0.4, -0.2) is 6.04 Å². The molecule has 0 aromatic heterocycles. The molecule has 0 bridgehead atoms. The molecule has 15 heavy (non-hydrogen) atoms. The SMILES string of the molecule is Clc1cccc(Cl)c1NC1CCCCC1. The first-order valence-electron chi connectivity index (χ1n) is 5.48. The molecule has 82 valence electrons. The largest absolute Gasteiger partial charge is 0.380 e. The molecule has 0 aliphatic heterocycles. The van der Waals surface area contributed by atoms with Crippen molar-refractivity contribution in [3.63, 3.8) is 0 Å². The van der Waals surface area contributed by atoms with Crippen molar-refractivity contribution in [2.45, 2.75) is 38.1 Å². The van der Waals surface area contributed by atoms with Gasteiger partial charge in [0, 0.05) is 6.04 Å². The van der Waals surface area contributed by atoms with Gasteiger partial charge in [-0.2, -0.15) is 0 Å². The molecule has 1 N–H and O–H groups in total. The fraction of sp³-hybridized carbons (Fsp3) is 0.500. The molecule has 1 fully saturated rings. The van der Waals surface area contributed by atoms with Gasteiger partial charge in [0.15, 0.2) is 0 Å². The Balaban J connectivity index is 2.09. The first kappa shape index (κ1) is 11.1. The van der Waals surface area contributed by atoms with Gasteiger partial charge in [0.05, 0.1) is 15.7 Å². The van der Waals surface area contributed by atoms with E-state index in [1.54, 1.807) is 0 Å². The highest BCUT2D eigenvalue weighted by atomic mass is 35.5. The van der Waals surface area contributed by atoms with Crippen molar-refractivity contribution < 1.29 is 0 Å². The molecular weight excluding hydrogens is 229 g/mol. The number of anilines is 1. The minimum absolute atomic E-state index is 0.538. The third-order valence-electron chi connectivity index (χ3n) is 2.92. The Morgan fingerprint density at radius 2 is 1.60 bits per heavy atom. The van der Waals surface area contributed by atoms with Gasteiger partial charge >= 0.3 is 0 Å². The summed E-state index contributed by atoms with van der Waals surface area (Å²) >= 11 is 12.2. The molecule has 0 heterocycles. The number of halogens is 2. The second-order valence-electron chi connectivity index (χ2n) is 4.08. The van der Waals surface area contributed by atoms with Gasteiger partial charge in [0.2, 0.25) is 0 Å². The van der Waals surface area contributed by atoms with E-state index >= 15 is 0 Å². The number of benzene rings is 1. The second kappa shape index (κ2) is 5.09. The standard InChI is InChI=1S/C12H15Cl2N/c13-10-7-4-8-11(14)12(10)15-9-5-2-1-3-6-9/h4,7-9,15H,1-3,5-6H2. The third-order valence-corrected chi connectivity index (χ3v) is 3.55. The van der Waals surface area contributed by atoms with E-state index in [9.17, 15) is 0 Å². The van der Waals surface area contributed by atoms with E-state index in [0.29, 0.717) is 16.1 Å². The van der Waals surface area contributed by atoms with E-state index in [1.165, 1.54) is 32.1 Å². The number of para-hydroxylation sites is 1. The summed E-state index contributed by atoms with van der Waals surface area (Å²) in [4.78, 5) is 0. The van der Waals surface area contributed by atoms with Gasteiger partial charge in [-0.1, -0.05) is 48.5 Å². The maximum atomic E-state index is 6.10. The zero-order chi connectivity index (χ0) is 10.7. The lowest BCUT2D eigenvalue weighted by Crippen LogP contribution is -2.22. The van der Waals surface area contributed by atoms with Crippen molar-refractivity contribution in [2.75, 3.05) is 5.32 Å². The molecule has 0 amide bonds. The highest BCUT2D eigenvalue weighted by Gasteiger charge is 2.15. The third kappa shape index (κ3) is 2.79. The topological polar surface area (TPSA) is 12.0 Å². The molecule has 0 saturated heterocycles. The average Bonchev–Trinajstić information content (AvgIpc) is 2.25. The lowest BCUT2D eigenvalue weighted by Gasteiger charge is -2.24. The van der Waals surface area contributed by atoms with Crippen LogP contribution in [0.1, 0.15) is 32.1 Å². The monoisotopic (exact) mass is 243 g/mol. The summed E-state index contributed by atoms with van der Waals surface area (Å²) < 4.78 is 0. The van der Waals surface area contributed by atoms with Gasteiger partial charge in [-0.3, -0.25) is 0 Å². The second-order valence-corrected chi connectivity index (χ2v) is 4.89. The van der Waals surface area contributed by atoms with Crippen LogP contribution in [0.3, 0.4) is 0 Å². The summed E-state index contributed by atoms with van der Waals surface area (Å²) in [5.74, 6) is 0. The van der Waals surface area contributed by atoms with Gasteiger partial charge in [0.25, 0.3) is 0 Å². The van der Waals surface area contributed by atoms with Crippen molar-refractivity contribution in [1.82, 2.24) is 0 Å². The van der Waals surface area contributed by atoms with Gasteiger partial charge in [-0.05, 0) is 25.0 Å². The van der Waals surface area contributed by atoms with Crippen LogP contribution in [0.15, 0.2) is 18.2 Å². The van der Waals surface area contributed by atoms with E-state index in [0.717, 1.165) is 5.69 Å². The molecule has 1 nitrogen and oxygen atoms in total. The van der Waals surface area contributed by atoms with Crippen LogP contribution in [0.2, 0.25) is 10.0 Å². The van der Waals surface area contributed by atoms with Gasteiger partial charge in [-0.25, -0.2) is 0 Å². The van der Waals surface area contributed by atoms with E-state index < -0.39 is 0 Å². The van der Waals surface area contributed by atoms with Crippen LogP contribution in [0.25, 0.3) is 0 Å². The highest BCUT2D eigenvalue weighted by Crippen LogP contribution is 2.32. The molecule has 3 heteroatoms. The smallest absolute Gasteiger partial charge is 0.0721 e. The quantitative estimate of drug-likeness (QED) is 0.792. The first-order valence-corrected chi connectivity index (χ1v) is 6.23. The molecule has 1 aliphatic carbocycles. The van der Waals surface area contributed by atoms with E-state index in [1.807, 2.05) is 18.2 Å². The number of rotatable bonds is 2. The van der Waals surface area contributed by atoms with Crippen molar-refractivity contribution in [1.29, 1.82) is 0 Å². The van der Waals surface area contributed by atoms with E-state index in [2.05, 4.69) is 5.32 Å². The molecule has 0 spiro atoms. The van der Waals surface area contributed by atoms with Crippen LogP contribution in [0.5, 0.6) is 0 Å². The molecule has 0 atom stereocenters. The number of hydrogen-bond acceptors (Lipinski definition) is 1. The summed E-state index contributed by atoms with van der Waals surface area (Å²) in [6.07, 6.45) is 6.41. The summed E-state index contributed by atoms with van der Waals surface area (Å²) in [5, 5.41) is 4.89. The molecule has 1 aliphatic rings. The first-order chi connectivity index (χ1) is 7.27. The Morgan fingerprint density at radius 3 is 2.20 bits per heavy atom. The average molecular weight is 244 g/mol. The molecule has 2 rings (SSSR count). The Bertz CT molecular complexity index is 312. The van der Waals surface area contributed by atoms with E-state index in [4.69, 9.17) is 23.2 Å².